The standard InChI is InChI=1S/C28H15N3OS/c1-3-9-21-17(6-1)19-15-25-16(12-13-33-25)14-22(19)31(21)28-29-20-8-5-11-24-26(20)27(30-28)18-7-2-4-10-23(18)32-24/h1-15H. The quantitative estimate of drug-likeness (QED) is 0.262. The Balaban J connectivity index is 1.54. The van der Waals surface area contributed by atoms with Crippen LogP contribution >= 0.6 is 11.3 Å². The molecule has 33 heavy (non-hydrogen) atoms. The van der Waals surface area contributed by atoms with Crippen molar-refractivity contribution >= 4 is 54.1 Å². The van der Waals surface area contributed by atoms with Gasteiger partial charge in [-0.05, 0) is 59.3 Å². The van der Waals surface area contributed by atoms with E-state index in [1.165, 1.54) is 20.9 Å². The number of ether oxygens (including phenoxy) is 1. The zero-order chi connectivity index (χ0) is 21.5. The van der Waals surface area contributed by atoms with E-state index in [9.17, 15) is 0 Å². The average molecular weight is 442 g/mol. The summed E-state index contributed by atoms with van der Waals surface area (Å²) in [4.78, 5) is 10.2. The van der Waals surface area contributed by atoms with Gasteiger partial charge in [-0.15, -0.1) is 11.3 Å². The molecule has 3 aromatic heterocycles. The van der Waals surface area contributed by atoms with Crippen LogP contribution in [0.25, 0.3) is 60.0 Å². The molecule has 8 rings (SSSR count). The van der Waals surface area contributed by atoms with Crippen molar-refractivity contribution in [3.8, 4) is 28.7 Å². The molecule has 1 aliphatic rings. The van der Waals surface area contributed by atoms with Crippen LogP contribution < -0.4 is 4.74 Å². The minimum absolute atomic E-state index is 0.673. The van der Waals surface area contributed by atoms with Crippen molar-refractivity contribution in [2.75, 3.05) is 0 Å². The van der Waals surface area contributed by atoms with Gasteiger partial charge in [0.05, 0.1) is 27.6 Å². The summed E-state index contributed by atoms with van der Waals surface area (Å²) in [6.07, 6.45) is 0. The Morgan fingerprint density at radius 1 is 0.727 bits per heavy atom. The number of benzene rings is 4. The first-order valence-corrected chi connectivity index (χ1v) is 11.7. The second-order valence-corrected chi connectivity index (χ2v) is 9.25. The minimum atomic E-state index is 0.673. The molecule has 4 heterocycles. The summed E-state index contributed by atoms with van der Waals surface area (Å²) in [6, 6.07) is 29.3. The smallest absolute Gasteiger partial charge is 0.235 e. The SMILES string of the molecule is c1ccc2c(c1)Oc1cccc3nc(-n4c5ccccc5c5cc6sccc6cc54)nc-2c13. The first-order chi connectivity index (χ1) is 16.3. The van der Waals surface area contributed by atoms with Crippen molar-refractivity contribution in [3.05, 3.63) is 90.3 Å². The Labute approximate surface area is 192 Å². The maximum absolute atomic E-state index is 6.17. The highest BCUT2D eigenvalue weighted by atomic mass is 32.1. The molecule has 0 bridgehead atoms. The Kier molecular flexibility index (Phi) is 3.25. The number of hydrogen-bond donors (Lipinski definition) is 0. The molecular formula is C28H15N3OS. The van der Waals surface area contributed by atoms with Gasteiger partial charge in [0, 0.05) is 21.0 Å². The molecule has 0 saturated heterocycles. The first-order valence-electron chi connectivity index (χ1n) is 10.8. The summed E-state index contributed by atoms with van der Waals surface area (Å²) < 4.78 is 9.66. The molecule has 0 atom stereocenters. The van der Waals surface area contributed by atoms with Gasteiger partial charge >= 0.3 is 0 Å². The predicted molar refractivity (Wildman–Crippen MR) is 135 cm³/mol. The lowest BCUT2D eigenvalue weighted by Crippen LogP contribution is -2.06. The molecule has 0 unspecified atom stereocenters. The van der Waals surface area contributed by atoms with Crippen LogP contribution in [0.3, 0.4) is 0 Å². The van der Waals surface area contributed by atoms with E-state index < -0.39 is 0 Å². The van der Waals surface area contributed by atoms with Gasteiger partial charge < -0.3 is 4.74 Å². The van der Waals surface area contributed by atoms with Gasteiger partial charge in [0.2, 0.25) is 5.95 Å². The maximum atomic E-state index is 6.17. The molecule has 0 amide bonds. The van der Waals surface area contributed by atoms with Gasteiger partial charge in [-0.3, -0.25) is 4.57 Å². The van der Waals surface area contributed by atoms with Crippen LogP contribution in [0.4, 0.5) is 0 Å². The molecule has 0 saturated carbocycles. The Morgan fingerprint density at radius 3 is 2.61 bits per heavy atom. The number of para-hydroxylation sites is 2. The van der Waals surface area contributed by atoms with Gasteiger partial charge in [-0.25, -0.2) is 9.97 Å². The van der Waals surface area contributed by atoms with E-state index in [2.05, 4.69) is 58.5 Å². The zero-order valence-electron chi connectivity index (χ0n) is 17.3. The van der Waals surface area contributed by atoms with Crippen LogP contribution in [-0.4, -0.2) is 14.5 Å². The van der Waals surface area contributed by atoms with Crippen molar-refractivity contribution in [1.82, 2.24) is 14.5 Å². The first kappa shape index (κ1) is 17.3. The fourth-order valence-electron chi connectivity index (χ4n) is 5.03. The van der Waals surface area contributed by atoms with Crippen molar-refractivity contribution in [3.63, 3.8) is 0 Å². The lowest BCUT2D eigenvalue weighted by Gasteiger charge is -2.20. The fourth-order valence-corrected chi connectivity index (χ4v) is 5.84. The Morgan fingerprint density at radius 2 is 1.61 bits per heavy atom. The van der Waals surface area contributed by atoms with Crippen LogP contribution in [0.1, 0.15) is 0 Å². The van der Waals surface area contributed by atoms with E-state index in [0.717, 1.165) is 44.7 Å². The van der Waals surface area contributed by atoms with Crippen LogP contribution in [0.5, 0.6) is 11.5 Å². The van der Waals surface area contributed by atoms with Crippen molar-refractivity contribution < 1.29 is 4.74 Å². The van der Waals surface area contributed by atoms with Crippen LogP contribution in [0, 0.1) is 0 Å². The monoisotopic (exact) mass is 441 g/mol. The summed E-state index contributed by atoms with van der Waals surface area (Å²) in [5.74, 6) is 2.30. The molecule has 0 spiro atoms. The van der Waals surface area contributed by atoms with Crippen molar-refractivity contribution in [1.29, 1.82) is 0 Å². The van der Waals surface area contributed by atoms with Gasteiger partial charge in [0.15, 0.2) is 0 Å². The lowest BCUT2D eigenvalue weighted by molar-refractivity contribution is 0.486. The van der Waals surface area contributed by atoms with Crippen molar-refractivity contribution in [2.24, 2.45) is 0 Å². The molecule has 4 aromatic carbocycles. The number of hydrogen-bond acceptors (Lipinski definition) is 4. The largest absolute Gasteiger partial charge is 0.456 e. The second kappa shape index (κ2) is 6.18. The topological polar surface area (TPSA) is 39.9 Å². The van der Waals surface area contributed by atoms with Crippen LogP contribution in [-0.2, 0) is 0 Å². The van der Waals surface area contributed by atoms with E-state index in [1.54, 1.807) is 11.3 Å². The fraction of sp³-hybridized carbons (Fsp3) is 0. The molecule has 0 radical (unpaired) electrons. The third kappa shape index (κ3) is 2.29. The van der Waals surface area contributed by atoms with Gasteiger partial charge in [-0.1, -0.05) is 36.4 Å². The van der Waals surface area contributed by atoms with Gasteiger partial charge in [0.1, 0.15) is 11.5 Å². The molecular weight excluding hydrogens is 426 g/mol. The van der Waals surface area contributed by atoms with Crippen LogP contribution in [0.2, 0.25) is 0 Å². The molecule has 7 aromatic rings. The van der Waals surface area contributed by atoms with Crippen LogP contribution in [0.15, 0.2) is 90.3 Å². The number of fused-ring (bicyclic) bond motifs is 6. The number of rotatable bonds is 1. The van der Waals surface area contributed by atoms with E-state index in [1.807, 2.05) is 36.4 Å². The van der Waals surface area contributed by atoms with Gasteiger partial charge in [0.25, 0.3) is 0 Å². The highest BCUT2D eigenvalue weighted by molar-refractivity contribution is 7.17. The van der Waals surface area contributed by atoms with E-state index >= 15 is 0 Å². The molecule has 4 nitrogen and oxygen atoms in total. The zero-order valence-corrected chi connectivity index (χ0v) is 18.1. The molecule has 0 aliphatic carbocycles. The number of thiophene rings is 1. The van der Waals surface area contributed by atoms with Gasteiger partial charge in [-0.2, -0.15) is 0 Å². The Bertz CT molecular complexity index is 1910. The molecule has 5 heteroatoms. The highest BCUT2D eigenvalue weighted by Crippen LogP contribution is 2.45. The Hall–Kier alpha value is -4.22. The lowest BCUT2D eigenvalue weighted by atomic mass is 10.0. The molecule has 1 aliphatic heterocycles. The number of nitrogens with zero attached hydrogens (tertiary/aromatic N) is 3. The summed E-state index contributed by atoms with van der Waals surface area (Å²) in [5.41, 5.74) is 5.00. The molecule has 154 valence electrons. The summed E-state index contributed by atoms with van der Waals surface area (Å²) >= 11 is 1.77. The summed E-state index contributed by atoms with van der Waals surface area (Å²) in [7, 11) is 0. The third-order valence-electron chi connectivity index (χ3n) is 6.48. The molecule has 0 N–H and O–H groups in total. The second-order valence-electron chi connectivity index (χ2n) is 8.30. The minimum Gasteiger partial charge on any atom is -0.456 e. The normalized spacial score (nSPS) is 12.5. The van der Waals surface area contributed by atoms with E-state index in [0.29, 0.717) is 5.95 Å². The predicted octanol–water partition coefficient (Wildman–Crippen LogP) is 7.71. The van der Waals surface area contributed by atoms with E-state index in [4.69, 9.17) is 14.7 Å². The summed E-state index contributed by atoms with van der Waals surface area (Å²) in [6.45, 7) is 0. The highest BCUT2D eigenvalue weighted by Gasteiger charge is 2.24. The van der Waals surface area contributed by atoms with Crippen molar-refractivity contribution in [2.45, 2.75) is 0 Å². The third-order valence-corrected chi connectivity index (χ3v) is 7.36. The number of aromatic nitrogens is 3. The van der Waals surface area contributed by atoms with E-state index in [-0.39, 0.29) is 0 Å². The molecule has 0 fully saturated rings. The average Bonchev–Trinajstić information content (AvgIpc) is 3.44. The summed E-state index contributed by atoms with van der Waals surface area (Å²) in [5, 5.41) is 6.76. The maximum Gasteiger partial charge on any atom is 0.235 e.